The number of nitrogens with one attached hydrogen (secondary N) is 1. The largest absolute Gasteiger partial charge is 0.310 e. The summed E-state index contributed by atoms with van der Waals surface area (Å²) in [5.74, 6) is 0. The van der Waals surface area contributed by atoms with Crippen molar-refractivity contribution in [2.75, 3.05) is 0 Å². The predicted octanol–water partition coefficient (Wildman–Crippen LogP) is 4.17. The highest BCUT2D eigenvalue weighted by Gasteiger charge is 1.96. The highest BCUT2D eigenvalue weighted by atomic mass is 14.4. The van der Waals surface area contributed by atoms with Crippen molar-refractivity contribution in [2.45, 2.75) is 65.2 Å². The van der Waals surface area contributed by atoms with Crippen LogP contribution in [0.15, 0.2) is 0 Å². The SMILES string of the molecule is CCCCCC(=N)CCCCC. The normalized spacial score (nSPS) is 10.2. The van der Waals surface area contributed by atoms with E-state index in [4.69, 9.17) is 5.41 Å². The van der Waals surface area contributed by atoms with Crippen LogP contribution in [0.4, 0.5) is 0 Å². The van der Waals surface area contributed by atoms with Gasteiger partial charge in [0.15, 0.2) is 0 Å². The molecule has 0 amide bonds. The topological polar surface area (TPSA) is 23.9 Å². The van der Waals surface area contributed by atoms with Gasteiger partial charge in [0, 0.05) is 5.71 Å². The van der Waals surface area contributed by atoms with E-state index in [0.717, 1.165) is 18.6 Å². The molecule has 0 unspecified atom stereocenters. The van der Waals surface area contributed by atoms with Crippen molar-refractivity contribution in [3.05, 3.63) is 0 Å². The smallest absolute Gasteiger partial charge is 0.00891 e. The lowest BCUT2D eigenvalue weighted by Crippen LogP contribution is -1.95. The molecule has 0 aromatic rings. The summed E-state index contributed by atoms with van der Waals surface area (Å²) in [4.78, 5) is 0. The summed E-state index contributed by atoms with van der Waals surface area (Å²) in [5, 5.41) is 7.65. The zero-order chi connectivity index (χ0) is 9.23. The van der Waals surface area contributed by atoms with Gasteiger partial charge in [0.2, 0.25) is 0 Å². The van der Waals surface area contributed by atoms with E-state index in [0.29, 0.717) is 0 Å². The van der Waals surface area contributed by atoms with Gasteiger partial charge >= 0.3 is 0 Å². The maximum Gasteiger partial charge on any atom is 0.00891 e. The molecule has 0 heterocycles. The van der Waals surface area contributed by atoms with Gasteiger partial charge in [0.05, 0.1) is 0 Å². The molecule has 0 rings (SSSR count). The molecule has 1 nitrogen and oxygen atoms in total. The zero-order valence-corrected chi connectivity index (χ0v) is 8.66. The molecule has 0 fully saturated rings. The second-order valence-corrected chi connectivity index (χ2v) is 3.52. The van der Waals surface area contributed by atoms with E-state index in [2.05, 4.69) is 13.8 Å². The van der Waals surface area contributed by atoms with Crippen LogP contribution in [-0.4, -0.2) is 5.71 Å². The number of unbranched alkanes of at least 4 members (excludes halogenated alkanes) is 4. The average Bonchev–Trinajstić information content (AvgIpc) is 2.06. The minimum Gasteiger partial charge on any atom is -0.310 e. The molecule has 0 bridgehead atoms. The Labute approximate surface area is 77.1 Å². The Morgan fingerprint density at radius 1 is 0.833 bits per heavy atom. The molecule has 0 saturated heterocycles. The van der Waals surface area contributed by atoms with Crippen LogP contribution in [0.3, 0.4) is 0 Å². The van der Waals surface area contributed by atoms with Gasteiger partial charge in [-0.15, -0.1) is 0 Å². The van der Waals surface area contributed by atoms with E-state index >= 15 is 0 Å². The standard InChI is InChI=1S/C11H23N/c1-3-5-7-9-11(12)10-8-6-4-2/h12H,3-10H2,1-2H3. The Kier molecular flexibility index (Phi) is 8.52. The van der Waals surface area contributed by atoms with Crippen molar-refractivity contribution >= 4 is 5.71 Å². The summed E-state index contributed by atoms with van der Waals surface area (Å²) in [7, 11) is 0. The van der Waals surface area contributed by atoms with Gasteiger partial charge in [-0.25, -0.2) is 0 Å². The molecule has 0 aromatic carbocycles. The first-order chi connectivity index (χ1) is 5.81. The maximum atomic E-state index is 7.65. The molecule has 1 N–H and O–H groups in total. The Bertz CT molecular complexity index is 95.6. The molecule has 0 atom stereocenters. The van der Waals surface area contributed by atoms with Gasteiger partial charge in [-0.3, -0.25) is 0 Å². The third-order valence-corrected chi connectivity index (χ3v) is 2.16. The number of hydrogen-bond acceptors (Lipinski definition) is 1. The molecule has 0 aliphatic heterocycles. The molecular formula is C11H23N. The van der Waals surface area contributed by atoms with Crippen molar-refractivity contribution < 1.29 is 0 Å². The van der Waals surface area contributed by atoms with E-state index < -0.39 is 0 Å². The summed E-state index contributed by atoms with van der Waals surface area (Å²) in [5.41, 5.74) is 0.969. The lowest BCUT2D eigenvalue weighted by atomic mass is 10.1. The van der Waals surface area contributed by atoms with Crippen molar-refractivity contribution in [3.63, 3.8) is 0 Å². The molecule has 0 saturated carbocycles. The van der Waals surface area contributed by atoms with Gasteiger partial charge in [-0.2, -0.15) is 0 Å². The molecule has 0 spiro atoms. The van der Waals surface area contributed by atoms with Crippen LogP contribution in [-0.2, 0) is 0 Å². The summed E-state index contributed by atoms with van der Waals surface area (Å²) in [6.45, 7) is 4.42. The molecule has 12 heavy (non-hydrogen) atoms. The molecule has 0 aliphatic carbocycles. The first-order valence-corrected chi connectivity index (χ1v) is 5.37. The first kappa shape index (κ1) is 11.7. The Morgan fingerprint density at radius 2 is 1.25 bits per heavy atom. The average molecular weight is 169 g/mol. The minimum absolute atomic E-state index is 0.969. The van der Waals surface area contributed by atoms with Gasteiger partial charge in [-0.1, -0.05) is 39.5 Å². The first-order valence-electron chi connectivity index (χ1n) is 5.37. The summed E-state index contributed by atoms with van der Waals surface area (Å²) in [6.07, 6.45) is 9.63. The monoisotopic (exact) mass is 169 g/mol. The quantitative estimate of drug-likeness (QED) is 0.416. The van der Waals surface area contributed by atoms with Crippen molar-refractivity contribution in [3.8, 4) is 0 Å². The van der Waals surface area contributed by atoms with Gasteiger partial charge < -0.3 is 5.41 Å². The second kappa shape index (κ2) is 8.76. The van der Waals surface area contributed by atoms with Crippen LogP contribution in [0.2, 0.25) is 0 Å². The van der Waals surface area contributed by atoms with Crippen LogP contribution in [0, 0.1) is 5.41 Å². The maximum absolute atomic E-state index is 7.65. The zero-order valence-electron chi connectivity index (χ0n) is 8.66. The molecule has 0 aliphatic rings. The molecule has 0 aromatic heterocycles. The summed E-state index contributed by atoms with van der Waals surface area (Å²) >= 11 is 0. The van der Waals surface area contributed by atoms with Crippen molar-refractivity contribution in [1.82, 2.24) is 0 Å². The number of rotatable bonds is 8. The van der Waals surface area contributed by atoms with E-state index in [9.17, 15) is 0 Å². The summed E-state index contributed by atoms with van der Waals surface area (Å²) < 4.78 is 0. The Balaban J connectivity index is 3.10. The Hall–Kier alpha value is -0.330. The fraction of sp³-hybridized carbons (Fsp3) is 0.909. The summed E-state index contributed by atoms with van der Waals surface area (Å²) in [6, 6.07) is 0. The molecule has 1 heteroatoms. The fourth-order valence-corrected chi connectivity index (χ4v) is 1.30. The van der Waals surface area contributed by atoms with Gasteiger partial charge in [0.25, 0.3) is 0 Å². The van der Waals surface area contributed by atoms with Gasteiger partial charge in [0.1, 0.15) is 0 Å². The molecule has 0 radical (unpaired) electrons. The fourth-order valence-electron chi connectivity index (χ4n) is 1.30. The van der Waals surface area contributed by atoms with E-state index in [1.54, 1.807) is 0 Å². The second-order valence-electron chi connectivity index (χ2n) is 3.52. The minimum atomic E-state index is 0.969. The van der Waals surface area contributed by atoms with Crippen molar-refractivity contribution in [2.24, 2.45) is 0 Å². The van der Waals surface area contributed by atoms with E-state index in [-0.39, 0.29) is 0 Å². The van der Waals surface area contributed by atoms with Crippen LogP contribution < -0.4 is 0 Å². The van der Waals surface area contributed by atoms with Crippen LogP contribution >= 0.6 is 0 Å². The molecule has 72 valence electrons. The highest BCUT2D eigenvalue weighted by molar-refractivity contribution is 5.81. The van der Waals surface area contributed by atoms with Gasteiger partial charge in [-0.05, 0) is 25.7 Å². The molecular weight excluding hydrogens is 146 g/mol. The highest BCUT2D eigenvalue weighted by Crippen LogP contribution is 2.06. The lowest BCUT2D eigenvalue weighted by molar-refractivity contribution is 0.708. The number of hydrogen-bond donors (Lipinski definition) is 1. The van der Waals surface area contributed by atoms with E-state index in [1.165, 1.54) is 38.5 Å². The van der Waals surface area contributed by atoms with Crippen molar-refractivity contribution in [1.29, 1.82) is 5.41 Å². The predicted molar refractivity (Wildman–Crippen MR) is 56.0 cm³/mol. The third-order valence-electron chi connectivity index (χ3n) is 2.16. The lowest BCUT2D eigenvalue weighted by Gasteiger charge is -2.01. The van der Waals surface area contributed by atoms with E-state index in [1.807, 2.05) is 0 Å². The van der Waals surface area contributed by atoms with Crippen LogP contribution in [0.1, 0.15) is 65.2 Å². The van der Waals surface area contributed by atoms with Crippen LogP contribution in [0.25, 0.3) is 0 Å². The Morgan fingerprint density at radius 3 is 1.58 bits per heavy atom. The third kappa shape index (κ3) is 7.77. The van der Waals surface area contributed by atoms with Crippen LogP contribution in [0.5, 0.6) is 0 Å².